The first kappa shape index (κ1) is 10.6. The van der Waals surface area contributed by atoms with E-state index < -0.39 is 0 Å². The largest absolute Gasteiger partial charge is 0.494 e. The topological polar surface area (TPSA) is 38.6 Å². The van der Waals surface area contributed by atoms with Crippen molar-refractivity contribution in [2.24, 2.45) is 0 Å². The zero-order chi connectivity index (χ0) is 11.7. The molecular formula is C13H17N3O. The Bertz CT molecular complexity index is 514. The van der Waals surface area contributed by atoms with Gasteiger partial charge in [-0.05, 0) is 38.1 Å². The molecule has 0 atom stereocenters. The molecule has 1 aliphatic rings. The fourth-order valence-corrected chi connectivity index (χ4v) is 2.57. The predicted molar refractivity (Wildman–Crippen MR) is 66.6 cm³/mol. The van der Waals surface area contributed by atoms with Crippen LogP contribution in [0.3, 0.4) is 0 Å². The Labute approximate surface area is 101 Å². The molecule has 90 valence electrons. The first-order valence-electron chi connectivity index (χ1n) is 6.11. The maximum absolute atomic E-state index is 5.35. The molecule has 0 unspecified atom stereocenters. The Balaban J connectivity index is 2.05. The number of pyridine rings is 1. The van der Waals surface area contributed by atoms with Crippen LogP contribution in [0.1, 0.15) is 24.6 Å². The molecule has 0 aromatic carbocycles. The van der Waals surface area contributed by atoms with Gasteiger partial charge in [-0.3, -0.25) is 0 Å². The third-order valence-corrected chi connectivity index (χ3v) is 3.48. The number of nitrogens with one attached hydrogen (secondary N) is 1. The second kappa shape index (κ2) is 4.37. The van der Waals surface area contributed by atoms with Crippen LogP contribution in [0.25, 0.3) is 5.52 Å². The van der Waals surface area contributed by atoms with Crippen molar-refractivity contribution in [2.75, 3.05) is 20.2 Å². The van der Waals surface area contributed by atoms with Gasteiger partial charge in [0.2, 0.25) is 0 Å². The van der Waals surface area contributed by atoms with Gasteiger partial charge in [0, 0.05) is 12.1 Å². The number of piperidine rings is 1. The van der Waals surface area contributed by atoms with Crippen LogP contribution in [-0.4, -0.2) is 29.6 Å². The van der Waals surface area contributed by atoms with Crippen molar-refractivity contribution in [2.45, 2.75) is 18.8 Å². The van der Waals surface area contributed by atoms with Gasteiger partial charge in [0.25, 0.3) is 0 Å². The quantitative estimate of drug-likeness (QED) is 0.856. The number of hydrogen-bond donors (Lipinski definition) is 1. The van der Waals surface area contributed by atoms with E-state index in [9.17, 15) is 0 Å². The van der Waals surface area contributed by atoms with E-state index in [0.29, 0.717) is 5.92 Å². The lowest BCUT2D eigenvalue weighted by molar-refractivity contribution is 0.416. The summed E-state index contributed by atoms with van der Waals surface area (Å²) in [5.41, 5.74) is 1.06. The van der Waals surface area contributed by atoms with E-state index in [-0.39, 0.29) is 0 Å². The molecular weight excluding hydrogens is 214 g/mol. The van der Waals surface area contributed by atoms with Crippen LogP contribution in [0.5, 0.6) is 5.75 Å². The van der Waals surface area contributed by atoms with Crippen LogP contribution >= 0.6 is 0 Å². The van der Waals surface area contributed by atoms with Gasteiger partial charge in [0.1, 0.15) is 17.1 Å². The fourth-order valence-electron chi connectivity index (χ4n) is 2.57. The van der Waals surface area contributed by atoms with Crippen LogP contribution in [0.15, 0.2) is 24.5 Å². The Morgan fingerprint density at radius 1 is 1.41 bits per heavy atom. The molecule has 2 aromatic rings. The van der Waals surface area contributed by atoms with E-state index >= 15 is 0 Å². The number of hydrogen-bond acceptors (Lipinski definition) is 3. The molecule has 0 spiro atoms. The number of methoxy groups -OCH3 is 1. The Hall–Kier alpha value is -1.55. The zero-order valence-corrected chi connectivity index (χ0v) is 10.0. The maximum atomic E-state index is 5.35. The van der Waals surface area contributed by atoms with E-state index in [1.54, 1.807) is 7.11 Å². The molecule has 0 amide bonds. The van der Waals surface area contributed by atoms with E-state index in [1.165, 1.54) is 5.82 Å². The van der Waals surface area contributed by atoms with Gasteiger partial charge in [0.15, 0.2) is 0 Å². The van der Waals surface area contributed by atoms with Gasteiger partial charge in [-0.15, -0.1) is 0 Å². The van der Waals surface area contributed by atoms with E-state index in [1.807, 2.05) is 18.3 Å². The average Bonchev–Trinajstić information content (AvgIpc) is 2.83. The third-order valence-electron chi connectivity index (χ3n) is 3.48. The lowest BCUT2D eigenvalue weighted by atomic mass is 9.97. The molecule has 2 aromatic heterocycles. The summed E-state index contributed by atoms with van der Waals surface area (Å²) in [7, 11) is 1.70. The highest BCUT2D eigenvalue weighted by Gasteiger charge is 2.20. The van der Waals surface area contributed by atoms with Gasteiger partial charge in [0.05, 0.1) is 13.3 Å². The van der Waals surface area contributed by atoms with Crippen molar-refractivity contribution in [3.63, 3.8) is 0 Å². The first-order valence-corrected chi connectivity index (χ1v) is 6.11. The molecule has 1 aliphatic heterocycles. The predicted octanol–water partition coefficient (Wildman–Crippen LogP) is 1.81. The highest BCUT2D eigenvalue weighted by Crippen LogP contribution is 2.27. The highest BCUT2D eigenvalue weighted by atomic mass is 16.5. The van der Waals surface area contributed by atoms with E-state index in [4.69, 9.17) is 4.74 Å². The summed E-state index contributed by atoms with van der Waals surface area (Å²) in [6.07, 6.45) is 6.31. The Kier molecular flexibility index (Phi) is 2.73. The standard InChI is InChI=1S/C13H17N3O/c1-17-12-3-2-8-16-11(12)9-15-13(16)10-4-6-14-7-5-10/h2-3,8-10,14H,4-7H2,1H3. The van der Waals surface area contributed by atoms with Crippen LogP contribution in [0.2, 0.25) is 0 Å². The summed E-state index contributed by atoms with van der Waals surface area (Å²) >= 11 is 0. The highest BCUT2D eigenvalue weighted by molar-refractivity contribution is 5.59. The minimum atomic E-state index is 0.561. The fraction of sp³-hybridized carbons (Fsp3) is 0.462. The van der Waals surface area contributed by atoms with Gasteiger partial charge in [-0.1, -0.05) is 0 Å². The lowest BCUT2D eigenvalue weighted by Gasteiger charge is -2.21. The summed E-state index contributed by atoms with van der Waals surface area (Å²) in [4.78, 5) is 4.58. The number of ether oxygens (including phenoxy) is 1. The Morgan fingerprint density at radius 2 is 2.24 bits per heavy atom. The summed E-state index contributed by atoms with van der Waals surface area (Å²) in [5.74, 6) is 2.62. The van der Waals surface area contributed by atoms with Crippen molar-refractivity contribution in [1.29, 1.82) is 0 Å². The van der Waals surface area contributed by atoms with Gasteiger partial charge in [-0.25, -0.2) is 4.98 Å². The minimum absolute atomic E-state index is 0.561. The SMILES string of the molecule is COc1cccn2c(C3CCNCC3)ncc12. The monoisotopic (exact) mass is 231 g/mol. The summed E-state index contributed by atoms with van der Waals surface area (Å²) in [6.45, 7) is 2.17. The molecule has 4 nitrogen and oxygen atoms in total. The summed E-state index contributed by atoms with van der Waals surface area (Å²) in [5, 5.41) is 3.39. The molecule has 4 heteroatoms. The number of nitrogens with zero attached hydrogens (tertiary/aromatic N) is 2. The van der Waals surface area contributed by atoms with Crippen LogP contribution in [0.4, 0.5) is 0 Å². The van der Waals surface area contributed by atoms with E-state index in [2.05, 4.69) is 20.9 Å². The lowest BCUT2D eigenvalue weighted by Crippen LogP contribution is -2.27. The van der Waals surface area contributed by atoms with Crippen molar-refractivity contribution in [3.05, 3.63) is 30.4 Å². The number of fused-ring (bicyclic) bond motifs is 1. The first-order chi connectivity index (χ1) is 8.40. The average molecular weight is 231 g/mol. The second-order valence-corrected chi connectivity index (χ2v) is 4.47. The van der Waals surface area contributed by atoms with Crippen molar-refractivity contribution < 1.29 is 4.74 Å². The maximum Gasteiger partial charge on any atom is 0.144 e. The molecule has 1 N–H and O–H groups in total. The zero-order valence-electron chi connectivity index (χ0n) is 10.0. The molecule has 3 heterocycles. The van der Waals surface area contributed by atoms with Crippen molar-refractivity contribution in [3.8, 4) is 5.75 Å². The van der Waals surface area contributed by atoms with E-state index in [0.717, 1.165) is 37.2 Å². The molecule has 17 heavy (non-hydrogen) atoms. The molecule has 0 bridgehead atoms. The number of imidazole rings is 1. The minimum Gasteiger partial charge on any atom is -0.494 e. The van der Waals surface area contributed by atoms with Crippen LogP contribution < -0.4 is 10.1 Å². The number of rotatable bonds is 2. The van der Waals surface area contributed by atoms with Crippen LogP contribution in [-0.2, 0) is 0 Å². The normalized spacial score (nSPS) is 17.5. The molecule has 1 saturated heterocycles. The van der Waals surface area contributed by atoms with Gasteiger partial charge in [-0.2, -0.15) is 0 Å². The summed E-state index contributed by atoms with van der Waals surface area (Å²) < 4.78 is 7.52. The van der Waals surface area contributed by atoms with Gasteiger partial charge < -0.3 is 14.5 Å². The molecule has 0 aliphatic carbocycles. The van der Waals surface area contributed by atoms with Gasteiger partial charge >= 0.3 is 0 Å². The molecule has 0 saturated carbocycles. The second-order valence-electron chi connectivity index (χ2n) is 4.47. The van der Waals surface area contributed by atoms with Crippen molar-refractivity contribution in [1.82, 2.24) is 14.7 Å². The third kappa shape index (κ3) is 1.78. The summed E-state index contributed by atoms with van der Waals surface area (Å²) in [6, 6.07) is 3.99. The smallest absolute Gasteiger partial charge is 0.144 e. The number of aromatic nitrogens is 2. The van der Waals surface area contributed by atoms with Crippen molar-refractivity contribution >= 4 is 5.52 Å². The molecule has 1 fully saturated rings. The van der Waals surface area contributed by atoms with Crippen LogP contribution in [0, 0.1) is 0 Å². The molecule has 0 radical (unpaired) electrons. The molecule has 3 rings (SSSR count). The Morgan fingerprint density at radius 3 is 3.00 bits per heavy atom.